The van der Waals surface area contributed by atoms with Crippen LogP contribution in [0.2, 0.25) is 0 Å². The number of carboxylic acid groups (broad SMARTS) is 1. The predicted molar refractivity (Wildman–Crippen MR) is 39.7 cm³/mol. The third-order valence-corrected chi connectivity index (χ3v) is 0.974. The molecular formula is C7H9NO3. The van der Waals surface area contributed by atoms with Crippen LogP contribution in [-0.2, 0) is 9.59 Å². The Kier molecular flexibility index (Phi) is 3.66. The summed E-state index contributed by atoms with van der Waals surface area (Å²) in [7, 11) is 0. The lowest BCUT2D eigenvalue weighted by molar-refractivity contribution is -0.131. The fraction of sp³-hybridized carbons (Fsp3) is 0.143. The summed E-state index contributed by atoms with van der Waals surface area (Å²) in [6.45, 7) is 1.51. The maximum absolute atomic E-state index is 10.3. The molecule has 11 heavy (non-hydrogen) atoms. The zero-order valence-corrected chi connectivity index (χ0v) is 6.07. The molecule has 0 unspecified atom stereocenters. The van der Waals surface area contributed by atoms with Crippen LogP contribution in [-0.4, -0.2) is 17.0 Å². The Morgan fingerprint density at radius 1 is 1.45 bits per heavy atom. The van der Waals surface area contributed by atoms with Gasteiger partial charge in [0.25, 0.3) is 0 Å². The molecule has 4 heteroatoms. The minimum Gasteiger partial charge on any atom is -0.478 e. The van der Waals surface area contributed by atoms with Crippen LogP contribution < -0.4 is 5.73 Å². The standard InChI is InChI=1S/C7H9NO3/c1-5(7(8)11)3-2-4-6(9)10/h2-4H,1H3,(H2,8,11)(H,9,10). The van der Waals surface area contributed by atoms with Crippen molar-refractivity contribution >= 4 is 11.9 Å². The van der Waals surface area contributed by atoms with E-state index in [1.807, 2.05) is 0 Å². The molecule has 1 amide bonds. The first-order valence-electron chi connectivity index (χ1n) is 2.91. The molecule has 0 fully saturated rings. The van der Waals surface area contributed by atoms with Crippen molar-refractivity contribution in [2.24, 2.45) is 5.73 Å². The highest BCUT2D eigenvalue weighted by Gasteiger charge is 1.92. The van der Waals surface area contributed by atoms with E-state index in [0.717, 1.165) is 6.08 Å². The molecule has 4 nitrogen and oxygen atoms in total. The van der Waals surface area contributed by atoms with Crippen molar-refractivity contribution < 1.29 is 14.7 Å². The molecule has 0 aromatic carbocycles. The van der Waals surface area contributed by atoms with E-state index in [4.69, 9.17) is 10.8 Å². The number of hydrogen-bond acceptors (Lipinski definition) is 2. The maximum atomic E-state index is 10.3. The van der Waals surface area contributed by atoms with Crippen LogP contribution in [0, 0.1) is 0 Å². The Morgan fingerprint density at radius 3 is 2.36 bits per heavy atom. The molecule has 0 aliphatic rings. The summed E-state index contributed by atoms with van der Waals surface area (Å²) in [5.41, 5.74) is 5.19. The van der Waals surface area contributed by atoms with E-state index in [2.05, 4.69) is 0 Å². The molecular weight excluding hydrogens is 146 g/mol. The molecule has 0 aromatic rings. The van der Waals surface area contributed by atoms with Crippen molar-refractivity contribution in [1.29, 1.82) is 0 Å². The molecule has 0 spiro atoms. The van der Waals surface area contributed by atoms with Gasteiger partial charge in [0.1, 0.15) is 0 Å². The fourth-order valence-electron chi connectivity index (χ4n) is 0.357. The van der Waals surface area contributed by atoms with Crippen LogP contribution in [0.1, 0.15) is 6.92 Å². The third kappa shape index (κ3) is 4.90. The second kappa shape index (κ2) is 4.27. The highest BCUT2D eigenvalue weighted by molar-refractivity contribution is 5.91. The summed E-state index contributed by atoms with van der Waals surface area (Å²) < 4.78 is 0. The largest absolute Gasteiger partial charge is 0.478 e. The number of rotatable bonds is 3. The van der Waals surface area contributed by atoms with E-state index in [0.29, 0.717) is 5.57 Å². The van der Waals surface area contributed by atoms with Crippen LogP contribution in [0.4, 0.5) is 0 Å². The molecule has 0 rings (SSSR count). The smallest absolute Gasteiger partial charge is 0.328 e. The van der Waals surface area contributed by atoms with Crippen molar-refractivity contribution in [3.05, 3.63) is 23.8 Å². The minimum atomic E-state index is -1.06. The number of carbonyl (C=O) groups is 2. The average Bonchev–Trinajstić information content (AvgIpc) is 1.86. The number of nitrogens with two attached hydrogens (primary N) is 1. The van der Waals surface area contributed by atoms with Gasteiger partial charge in [-0.15, -0.1) is 0 Å². The Hall–Kier alpha value is -1.58. The molecule has 0 saturated heterocycles. The van der Waals surface area contributed by atoms with Crippen LogP contribution in [0.25, 0.3) is 0 Å². The quantitative estimate of drug-likeness (QED) is 0.446. The summed E-state index contributed by atoms with van der Waals surface area (Å²) in [4.78, 5) is 20.3. The summed E-state index contributed by atoms with van der Waals surface area (Å²) in [5.74, 6) is -1.61. The summed E-state index contributed by atoms with van der Waals surface area (Å²) in [5, 5.41) is 8.13. The van der Waals surface area contributed by atoms with Gasteiger partial charge >= 0.3 is 5.97 Å². The fourth-order valence-corrected chi connectivity index (χ4v) is 0.357. The van der Waals surface area contributed by atoms with E-state index in [1.165, 1.54) is 19.1 Å². The molecule has 0 radical (unpaired) electrons. The summed E-state index contributed by atoms with van der Waals surface area (Å²) in [6.07, 6.45) is 3.52. The SMILES string of the molecule is CC(=CC=CC(=O)O)C(N)=O. The predicted octanol–water partition coefficient (Wildman–Crippen LogP) is 0.0588. The summed E-state index contributed by atoms with van der Waals surface area (Å²) >= 11 is 0. The maximum Gasteiger partial charge on any atom is 0.328 e. The first-order valence-corrected chi connectivity index (χ1v) is 2.91. The zero-order chi connectivity index (χ0) is 8.85. The topological polar surface area (TPSA) is 80.4 Å². The van der Waals surface area contributed by atoms with Gasteiger partial charge in [0, 0.05) is 11.6 Å². The van der Waals surface area contributed by atoms with E-state index >= 15 is 0 Å². The summed E-state index contributed by atoms with van der Waals surface area (Å²) in [6, 6.07) is 0. The molecule has 0 bridgehead atoms. The van der Waals surface area contributed by atoms with Crippen molar-refractivity contribution in [3.63, 3.8) is 0 Å². The lowest BCUT2D eigenvalue weighted by Gasteiger charge is -1.87. The van der Waals surface area contributed by atoms with Gasteiger partial charge in [-0.05, 0) is 6.92 Å². The highest BCUT2D eigenvalue weighted by Crippen LogP contribution is 1.90. The third-order valence-electron chi connectivity index (χ3n) is 0.974. The van der Waals surface area contributed by atoms with Crippen LogP contribution in [0.5, 0.6) is 0 Å². The van der Waals surface area contributed by atoms with Gasteiger partial charge in [-0.1, -0.05) is 12.2 Å². The van der Waals surface area contributed by atoms with Crippen molar-refractivity contribution in [2.45, 2.75) is 6.92 Å². The van der Waals surface area contributed by atoms with Gasteiger partial charge in [-0.25, -0.2) is 4.79 Å². The lowest BCUT2D eigenvalue weighted by Crippen LogP contribution is -2.11. The van der Waals surface area contributed by atoms with Crippen LogP contribution in [0.15, 0.2) is 23.8 Å². The molecule has 60 valence electrons. The number of allylic oxidation sites excluding steroid dienone is 2. The monoisotopic (exact) mass is 155 g/mol. The van der Waals surface area contributed by atoms with Crippen molar-refractivity contribution in [1.82, 2.24) is 0 Å². The second-order valence-electron chi connectivity index (χ2n) is 1.91. The van der Waals surface area contributed by atoms with Crippen molar-refractivity contribution in [2.75, 3.05) is 0 Å². The number of carboxylic acids is 1. The molecule has 0 saturated carbocycles. The number of carbonyl (C=O) groups excluding carboxylic acids is 1. The van der Waals surface area contributed by atoms with E-state index in [-0.39, 0.29) is 0 Å². The average molecular weight is 155 g/mol. The minimum absolute atomic E-state index is 0.322. The first kappa shape index (κ1) is 9.42. The Labute approximate surface area is 64.0 Å². The van der Waals surface area contributed by atoms with E-state index < -0.39 is 11.9 Å². The van der Waals surface area contributed by atoms with Gasteiger partial charge in [-0.2, -0.15) is 0 Å². The van der Waals surface area contributed by atoms with Gasteiger partial charge in [0.2, 0.25) is 5.91 Å². The first-order chi connectivity index (χ1) is 5.04. The molecule has 0 aliphatic heterocycles. The highest BCUT2D eigenvalue weighted by atomic mass is 16.4. The Balaban J connectivity index is 4.13. The second-order valence-corrected chi connectivity index (χ2v) is 1.91. The van der Waals surface area contributed by atoms with Crippen molar-refractivity contribution in [3.8, 4) is 0 Å². The zero-order valence-electron chi connectivity index (χ0n) is 6.07. The molecule has 0 aliphatic carbocycles. The van der Waals surface area contributed by atoms with Gasteiger partial charge in [0.05, 0.1) is 0 Å². The lowest BCUT2D eigenvalue weighted by atomic mass is 10.2. The number of primary amides is 1. The van der Waals surface area contributed by atoms with Crippen LogP contribution in [0.3, 0.4) is 0 Å². The van der Waals surface area contributed by atoms with Gasteiger partial charge < -0.3 is 10.8 Å². The number of aliphatic carboxylic acids is 1. The van der Waals surface area contributed by atoms with Gasteiger partial charge in [-0.3, -0.25) is 4.79 Å². The molecule has 0 atom stereocenters. The molecule has 0 heterocycles. The Bertz CT molecular complexity index is 228. The van der Waals surface area contributed by atoms with E-state index in [1.54, 1.807) is 0 Å². The molecule has 0 aromatic heterocycles. The molecule has 3 N–H and O–H groups in total. The Morgan fingerprint density at radius 2 is 2.00 bits per heavy atom. The number of hydrogen-bond donors (Lipinski definition) is 2. The number of amides is 1. The van der Waals surface area contributed by atoms with E-state index in [9.17, 15) is 9.59 Å². The van der Waals surface area contributed by atoms with Crippen LogP contribution >= 0.6 is 0 Å². The van der Waals surface area contributed by atoms with Gasteiger partial charge in [0.15, 0.2) is 0 Å². The normalized spacial score (nSPS) is 11.9.